The molecule has 0 atom stereocenters. The molecular formula is C16H16N2O2S. The van der Waals surface area contributed by atoms with E-state index >= 15 is 0 Å². The molecule has 3 rings (SSSR count). The molecule has 1 aromatic carbocycles. The average molecular weight is 300 g/mol. The number of nitrogens with zero attached hydrogens (tertiary/aromatic N) is 1. The molecule has 1 heterocycles. The molecule has 0 fully saturated rings. The number of aryl methyl sites for hydroxylation is 1. The molecule has 2 aromatic rings. The van der Waals surface area contributed by atoms with Gasteiger partial charge in [0.2, 0.25) is 0 Å². The zero-order valence-electron chi connectivity index (χ0n) is 11.5. The van der Waals surface area contributed by atoms with Gasteiger partial charge in [0, 0.05) is 10.3 Å². The van der Waals surface area contributed by atoms with Crippen LogP contribution in [0.2, 0.25) is 0 Å². The first-order chi connectivity index (χ1) is 10.2. The van der Waals surface area contributed by atoms with Crippen LogP contribution in [0.5, 0.6) is 5.75 Å². The number of hydrazone groups is 1. The van der Waals surface area contributed by atoms with Crippen molar-refractivity contribution in [3.05, 3.63) is 51.2 Å². The van der Waals surface area contributed by atoms with Crippen molar-refractivity contribution in [1.29, 1.82) is 0 Å². The van der Waals surface area contributed by atoms with Crippen LogP contribution in [0.15, 0.2) is 34.7 Å². The maximum Gasteiger partial charge on any atom is 0.272 e. The first-order valence-corrected chi connectivity index (χ1v) is 7.83. The molecule has 1 aliphatic rings. The minimum absolute atomic E-state index is 0.149. The quantitative estimate of drug-likeness (QED) is 0.676. The topological polar surface area (TPSA) is 61.7 Å². The number of carbonyl (C=O) groups is 1. The van der Waals surface area contributed by atoms with Gasteiger partial charge in [-0.15, -0.1) is 11.3 Å². The van der Waals surface area contributed by atoms with E-state index in [-0.39, 0.29) is 11.7 Å². The first kappa shape index (κ1) is 13.8. The van der Waals surface area contributed by atoms with E-state index in [2.05, 4.69) is 10.5 Å². The molecule has 2 N–H and O–H groups in total. The number of hydrogen-bond donors (Lipinski definition) is 2. The molecule has 0 aliphatic heterocycles. The summed E-state index contributed by atoms with van der Waals surface area (Å²) in [5, 5.41) is 15.1. The number of hydrogen-bond acceptors (Lipinski definition) is 4. The Labute approximate surface area is 127 Å². The summed E-state index contributed by atoms with van der Waals surface area (Å²) in [6.07, 6.45) is 6.01. The fourth-order valence-electron chi connectivity index (χ4n) is 2.47. The van der Waals surface area contributed by atoms with E-state index in [1.165, 1.54) is 16.9 Å². The van der Waals surface area contributed by atoms with Crippen LogP contribution in [-0.2, 0) is 12.8 Å². The van der Waals surface area contributed by atoms with Crippen LogP contribution in [0.4, 0.5) is 0 Å². The Balaban J connectivity index is 1.66. The lowest BCUT2D eigenvalue weighted by Gasteiger charge is -2.11. The first-order valence-electron chi connectivity index (χ1n) is 6.96. The van der Waals surface area contributed by atoms with Gasteiger partial charge < -0.3 is 5.11 Å². The standard InChI is InChI=1S/C16H16N2O2S/c19-12-7-5-11(6-8-12)9-17-18-16(20)14-10-21-15-4-2-1-3-13(14)15/h5-10,19H,1-4H2,(H,18,20)/b17-9+. The normalized spacial score (nSPS) is 14.1. The van der Waals surface area contributed by atoms with E-state index in [4.69, 9.17) is 0 Å². The number of benzene rings is 1. The summed E-state index contributed by atoms with van der Waals surface area (Å²) in [7, 11) is 0. The number of phenolic OH excluding ortho intramolecular Hbond substituents is 1. The lowest BCUT2D eigenvalue weighted by atomic mass is 9.96. The molecule has 21 heavy (non-hydrogen) atoms. The van der Waals surface area contributed by atoms with Crippen molar-refractivity contribution < 1.29 is 9.90 Å². The summed E-state index contributed by atoms with van der Waals surface area (Å²) < 4.78 is 0. The summed E-state index contributed by atoms with van der Waals surface area (Å²) in [6.45, 7) is 0. The maximum atomic E-state index is 12.2. The molecule has 0 saturated carbocycles. The summed E-state index contributed by atoms with van der Waals surface area (Å²) in [5.74, 6) is 0.0607. The van der Waals surface area contributed by atoms with E-state index < -0.39 is 0 Å². The third kappa shape index (κ3) is 3.13. The molecule has 1 amide bonds. The monoisotopic (exact) mass is 300 g/mol. The Kier molecular flexibility index (Phi) is 4.01. The van der Waals surface area contributed by atoms with Crippen molar-refractivity contribution in [2.24, 2.45) is 5.10 Å². The number of phenols is 1. The van der Waals surface area contributed by atoms with Gasteiger partial charge in [0.1, 0.15) is 5.75 Å². The minimum Gasteiger partial charge on any atom is -0.508 e. The third-order valence-electron chi connectivity index (χ3n) is 3.58. The Morgan fingerprint density at radius 1 is 1.24 bits per heavy atom. The van der Waals surface area contributed by atoms with E-state index in [1.54, 1.807) is 41.8 Å². The molecular weight excluding hydrogens is 284 g/mol. The highest BCUT2D eigenvalue weighted by Gasteiger charge is 2.19. The van der Waals surface area contributed by atoms with Crippen molar-refractivity contribution >= 4 is 23.5 Å². The third-order valence-corrected chi connectivity index (χ3v) is 4.67. The van der Waals surface area contributed by atoms with Gasteiger partial charge in [-0.05, 0) is 61.1 Å². The van der Waals surface area contributed by atoms with Crippen LogP contribution >= 0.6 is 11.3 Å². The average Bonchev–Trinajstić information content (AvgIpc) is 2.93. The molecule has 0 radical (unpaired) electrons. The molecule has 0 unspecified atom stereocenters. The zero-order chi connectivity index (χ0) is 14.7. The highest BCUT2D eigenvalue weighted by Crippen LogP contribution is 2.30. The van der Waals surface area contributed by atoms with E-state index in [9.17, 15) is 9.90 Å². The fourth-order valence-corrected chi connectivity index (χ4v) is 3.60. The number of thiophene rings is 1. The number of amides is 1. The molecule has 4 nitrogen and oxygen atoms in total. The van der Waals surface area contributed by atoms with Crippen molar-refractivity contribution in [1.82, 2.24) is 5.43 Å². The summed E-state index contributed by atoms with van der Waals surface area (Å²) >= 11 is 1.67. The van der Waals surface area contributed by atoms with Crippen LogP contribution in [0.25, 0.3) is 0 Å². The van der Waals surface area contributed by atoms with Crippen molar-refractivity contribution in [2.75, 3.05) is 0 Å². The van der Waals surface area contributed by atoms with Gasteiger partial charge in [0.25, 0.3) is 5.91 Å². The van der Waals surface area contributed by atoms with Gasteiger partial charge in [0.05, 0.1) is 11.8 Å². The highest BCUT2D eigenvalue weighted by molar-refractivity contribution is 7.10. The van der Waals surface area contributed by atoms with Gasteiger partial charge in [-0.25, -0.2) is 5.43 Å². The molecule has 108 valence electrons. The number of rotatable bonds is 3. The molecule has 1 aromatic heterocycles. The van der Waals surface area contributed by atoms with E-state index in [1.807, 2.05) is 5.38 Å². The molecule has 0 bridgehead atoms. The molecule has 1 aliphatic carbocycles. The van der Waals surface area contributed by atoms with Crippen LogP contribution in [0.3, 0.4) is 0 Å². The smallest absolute Gasteiger partial charge is 0.272 e. The van der Waals surface area contributed by atoms with Crippen LogP contribution in [0, 0.1) is 0 Å². The van der Waals surface area contributed by atoms with Gasteiger partial charge >= 0.3 is 0 Å². The predicted octanol–water partition coefficient (Wildman–Crippen LogP) is 3.10. The molecule has 0 spiro atoms. The fraction of sp³-hybridized carbons (Fsp3) is 0.250. The lowest BCUT2D eigenvalue weighted by molar-refractivity contribution is 0.0954. The lowest BCUT2D eigenvalue weighted by Crippen LogP contribution is -2.19. The number of fused-ring (bicyclic) bond motifs is 1. The summed E-state index contributed by atoms with van der Waals surface area (Å²) in [4.78, 5) is 13.5. The summed E-state index contributed by atoms with van der Waals surface area (Å²) in [5.41, 5.74) is 5.35. The van der Waals surface area contributed by atoms with Crippen LogP contribution in [-0.4, -0.2) is 17.2 Å². The van der Waals surface area contributed by atoms with E-state index in [0.29, 0.717) is 0 Å². The second-order valence-corrected chi connectivity index (χ2v) is 6.01. The summed E-state index contributed by atoms with van der Waals surface area (Å²) in [6, 6.07) is 6.63. The zero-order valence-corrected chi connectivity index (χ0v) is 12.3. The van der Waals surface area contributed by atoms with Gasteiger partial charge in [-0.2, -0.15) is 5.10 Å². The Hall–Kier alpha value is -2.14. The SMILES string of the molecule is O=C(N/N=C/c1ccc(O)cc1)c1csc2c1CCCC2. The van der Waals surface area contributed by atoms with Gasteiger partial charge in [-0.1, -0.05) is 0 Å². The van der Waals surface area contributed by atoms with Crippen molar-refractivity contribution in [3.63, 3.8) is 0 Å². The Morgan fingerprint density at radius 2 is 2.00 bits per heavy atom. The van der Waals surface area contributed by atoms with Crippen LogP contribution < -0.4 is 5.43 Å². The Bertz CT molecular complexity index is 674. The second kappa shape index (κ2) is 6.10. The second-order valence-electron chi connectivity index (χ2n) is 5.05. The van der Waals surface area contributed by atoms with Gasteiger partial charge in [-0.3, -0.25) is 4.79 Å². The number of carbonyl (C=O) groups excluding carboxylic acids is 1. The number of aromatic hydroxyl groups is 1. The minimum atomic E-state index is -0.149. The highest BCUT2D eigenvalue weighted by atomic mass is 32.1. The molecule has 0 saturated heterocycles. The van der Waals surface area contributed by atoms with Crippen LogP contribution in [0.1, 0.15) is 39.2 Å². The van der Waals surface area contributed by atoms with Crippen molar-refractivity contribution in [3.8, 4) is 5.75 Å². The van der Waals surface area contributed by atoms with Crippen molar-refractivity contribution in [2.45, 2.75) is 25.7 Å². The largest absolute Gasteiger partial charge is 0.508 e. The predicted molar refractivity (Wildman–Crippen MR) is 84.1 cm³/mol. The maximum absolute atomic E-state index is 12.2. The van der Waals surface area contributed by atoms with E-state index in [0.717, 1.165) is 30.4 Å². The number of nitrogens with one attached hydrogen (secondary N) is 1. The Morgan fingerprint density at radius 3 is 2.81 bits per heavy atom. The molecule has 5 heteroatoms. The van der Waals surface area contributed by atoms with Gasteiger partial charge in [0.15, 0.2) is 0 Å².